The van der Waals surface area contributed by atoms with Crippen molar-refractivity contribution in [3.63, 3.8) is 0 Å². The fourth-order valence-electron chi connectivity index (χ4n) is 3.71. The van der Waals surface area contributed by atoms with Crippen LogP contribution in [0.3, 0.4) is 0 Å². The number of carbonyl (C=O) groups excluding carboxylic acids is 3. The summed E-state index contributed by atoms with van der Waals surface area (Å²) in [6.07, 6.45) is 0.142. The topological polar surface area (TPSA) is 125 Å². The van der Waals surface area contributed by atoms with E-state index >= 15 is 0 Å². The Bertz CT molecular complexity index is 929. The monoisotopic (exact) mass is 427 g/mol. The van der Waals surface area contributed by atoms with E-state index in [0.717, 1.165) is 10.5 Å². The van der Waals surface area contributed by atoms with Crippen molar-refractivity contribution in [2.24, 2.45) is 10.5 Å². The predicted molar refractivity (Wildman–Crippen MR) is 111 cm³/mol. The number of ether oxygens (including phenoxy) is 2. The molecule has 2 saturated heterocycles. The predicted octanol–water partition coefficient (Wildman–Crippen LogP) is 3.81. The number of rotatable bonds is 5. The van der Waals surface area contributed by atoms with Crippen molar-refractivity contribution in [3.05, 3.63) is 59.0 Å². The summed E-state index contributed by atoms with van der Waals surface area (Å²) in [6.45, 7) is 9.17. The summed E-state index contributed by atoms with van der Waals surface area (Å²) >= 11 is 0. The zero-order chi connectivity index (χ0) is 22.8. The number of likely N-dealkylation sites (tertiary alicyclic amines) is 1. The minimum atomic E-state index is -1.27. The Balaban J connectivity index is 1.84. The van der Waals surface area contributed by atoms with E-state index in [-0.39, 0.29) is 19.7 Å². The van der Waals surface area contributed by atoms with Crippen molar-refractivity contribution in [2.45, 2.75) is 38.5 Å². The van der Waals surface area contributed by atoms with Crippen molar-refractivity contribution in [2.75, 3.05) is 19.7 Å². The highest BCUT2D eigenvalue weighted by Gasteiger charge is 2.55. The van der Waals surface area contributed by atoms with E-state index < -0.39 is 41.2 Å². The molecule has 1 aromatic carbocycles. The summed E-state index contributed by atoms with van der Waals surface area (Å²) in [5.41, 5.74) is 8.14. The van der Waals surface area contributed by atoms with Crippen LogP contribution in [0.25, 0.3) is 10.4 Å². The highest BCUT2D eigenvalue weighted by Crippen LogP contribution is 2.40. The van der Waals surface area contributed by atoms with Gasteiger partial charge >= 0.3 is 12.2 Å². The molecule has 3 amide bonds. The van der Waals surface area contributed by atoms with Crippen LogP contribution in [0.1, 0.15) is 32.4 Å². The lowest BCUT2D eigenvalue weighted by atomic mass is 9.73. The summed E-state index contributed by atoms with van der Waals surface area (Å²) in [7, 11) is 0. The molecular formula is C21H25N5O5. The zero-order valence-electron chi connectivity index (χ0n) is 17.7. The molecule has 0 saturated carbocycles. The number of carbonyl (C=O) groups is 3. The second kappa shape index (κ2) is 8.31. The van der Waals surface area contributed by atoms with Gasteiger partial charge in [-0.05, 0) is 31.9 Å². The Kier molecular flexibility index (Phi) is 5.94. The maximum Gasteiger partial charge on any atom is 0.417 e. The van der Waals surface area contributed by atoms with E-state index in [2.05, 4.69) is 16.6 Å². The molecule has 10 heteroatoms. The Morgan fingerprint density at radius 1 is 1.35 bits per heavy atom. The number of hydrogen-bond donors (Lipinski definition) is 0. The van der Waals surface area contributed by atoms with E-state index in [0.29, 0.717) is 0 Å². The van der Waals surface area contributed by atoms with E-state index in [9.17, 15) is 14.4 Å². The maximum absolute atomic E-state index is 13.4. The van der Waals surface area contributed by atoms with E-state index in [1.807, 2.05) is 6.07 Å². The quantitative estimate of drug-likeness (QED) is 0.306. The summed E-state index contributed by atoms with van der Waals surface area (Å²) in [5, 5.41) is 3.70. The normalized spacial score (nSPS) is 20.7. The first-order valence-electron chi connectivity index (χ1n) is 9.82. The third-order valence-electron chi connectivity index (χ3n) is 5.27. The lowest BCUT2D eigenvalue weighted by Gasteiger charge is -2.50. The molecule has 2 aliphatic rings. The number of hydrogen-bond acceptors (Lipinski definition) is 6. The molecule has 0 aliphatic carbocycles. The molecule has 0 aromatic heterocycles. The molecule has 1 unspecified atom stereocenters. The molecule has 0 spiro atoms. The van der Waals surface area contributed by atoms with Crippen molar-refractivity contribution in [1.82, 2.24) is 9.80 Å². The minimum absolute atomic E-state index is 0.00268. The lowest BCUT2D eigenvalue weighted by Crippen LogP contribution is -2.65. The molecule has 2 aliphatic heterocycles. The van der Waals surface area contributed by atoms with Gasteiger partial charge in [-0.25, -0.2) is 14.5 Å². The first-order valence-corrected chi connectivity index (χ1v) is 9.82. The Labute approximate surface area is 180 Å². The van der Waals surface area contributed by atoms with Gasteiger partial charge in [0.05, 0.1) is 0 Å². The standard InChI is InChI=1S/C21H25N5O5/c1-5-21(12-25(13-21)18(28)31-20(2,3)4)16(23-24-22)17(27)26-15(11-30-19(26)29)14-9-7-6-8-10-14/h5-10,15-16H,1,11-13H2,2-4H3/t15-,16?/m1/s1. The summed E-state index contributed by atoms with van der Waals surface area (Å²) in [5.74, 6) is -0.696. The highest BCUT2D eigenvalue weighted by atomic mass is 16.6. The molecule has 0 radical (unpaired) electrons. The number of cyclic esters (lactones) is 1. The lowest BCUT2D eigenvalue weighted by molar-refractivity contribution is -0.136. The molecule has 2 fully saturated rings. The Hall–Kier alpha value is -3.52. The van der Waals surface area contributed by atoms with Gasteiger partial charge in [0, 0.05) is 23.4 Å². The van der Waals surface area contributed by atoms with E-state index in [1.165, 1.54) is 11.0 Å². The molecule has 10 nitrogen and oxygen atoms in total. The van der Waals surface area contributed by atoms with Crippen molar-refractivity contribution >= 4 is 18.1 Å². The van der Waals surface area contributed by atoms with E-state index in [1.54, 1.807) is 45.0 Å². The minimum Gasteiger partial charge on any atom is -0.446 e. The van der Waals surface area contributed by atoms with Crippen molar-refractivity contribution < 1.29 is 23.9 Å². The smallest absolute Gasteiger partial charge is 0.417 e. The van der Waals surface area contributed by atoms with Gasteiger partial charge in [-0.2, -0.15) is 0 Å². The van der Waals surface area contributed by atoms with Crippen LogP contribution >= 0.6 is 0 Å². The molecule has 0 N–H and O–H groups in total. The zero-order valence-corrected chi connectivity index (χ0v) is 17.7. The molecule has 1 aromatic rings. The fourth-order valence-corrected chi connectivity index (χ4v) is 3.71. The maximum atomic E-state index is 13.4. The Morgan fingerprint density at radius 3 is 2.55 bits per heavy atom. The van der Waals surface area contributed by atoms with Gasteiger partial charge in [-0.3, -0.25) is 4.79 Å². The van der Waals surface area contributed by atoms with Gasteiger partial charge < -0.3 is 14.4 Å². The van der Waals surface area contributed by atoms with Gasteiger partial charge in [-0.15, -0.1) is 6.58 Å². The van der Waals surface area contributed by atoms with Crippen molar-refractivity contribution in [1.29, 1.82) is 0 Å². The third-order valence-corrected chi connectivity index (χ3v) is 5.27. The van der Waals surface area contributed by atoms with Gasteiger partial charge in [0.1, 0.15) is 24.3 Å². The molecule has 164 valence electrons. The van der Waals surface area contributed by atoms with Crippen LogP contribution in [0.2, 0.25) is 0 Å². The summed E-state index contributed by atoms with van der Waals surface area (Å²) < 4.78 is 10.5. The first kappa shape index (κ1) is 22.2. The number of benzene rings is 1. The molecule has 0 bridgehead atoms. The second-order valence-corrected chi connectivity index (χ2v) is 8.59. The van der Waals surface area contributed by atoms with Crippen LogP contribution in [-0.4, -0.2) is 59.2 Å². The summed E-state index contributed by atoms with van der Waals surface area (Å²) in [4.78, 5) is 43.3. The molecule has 3 rings (SSSR count). The van der Waals surface area contributed by atoms with Gasteiger partial charge in [0.2, 0.25) is 5.91 Å². The third kappa shape index (κ3) is 4.34. The van der Waals surface area contributed by atoms with Crippen LogP contribution in [0.5, 0.6) is 0 Å². The van der Waals surface area contributed by atoms with Gasteiger partial charge in [-0.1, -0.05) is 41.5 Å². The van der Waals surface area contributed by atoms with Crippen molar-refractivity contribution in [3.8, 4) is 0 Å². The van der Waals surface area contributed by atoms with Gasteiger partial charge in [0.25, 0.3) is 0 Å². The first-order chi connectivity index (χ1) is 14.6. The number of azide groups is 1. The van der Waals surface area contributed by atoms with Crippen LogP contribution in [-0.2, 0) is 14.3 Å². The fraction of sp³-hybridized carbons (Fsp3) is 0.476. The second-order valence-electron chi connectivity index (χ2n) is 8.59. The highest BCUT2D eigenvalue weighted by molar-refractivity contribution is 5.97. The largest absolute Gasteiger partial charge is 0.446 e. The molecule has 2 atom stereocenters. The average Bonchev–Trinajstić information content (AvgIpc) is 3.07. The number of imide groups is 1. The van der Waals surface area contributed by atoms with Gasteiger partial charge in [0.15, 0.2) is 0 Å². The van der Waals surface area contributed by atoms with Crippen LogP contribution < -0.4 is 0 Å². The van der Waals surface area contributed by atoms with Crippen LogP contribution in [0, 0.1) is 5.41 Å². The number of nitrogens with zero attached hydrogens (tertiary/aromatic N) is 5. The SMILES string of the molecule is C=CC1(C(N=[N+]=[N-])C(=O)N2C(=O)OC[C@@H]2c2ccccc2)CN(C(=O)OC(C)(C)C)C1. The number of amides is 3. The molecular weight excluding hydrogens is 402 g/mol. The Morgan fingerprint density at radius 2 is 2.00 bits per heavy atom. The van der Waals surface area contributed by atoms with Crippen LogP contribution in [0.4, 0.5) is 9.59 Å². The van der Waals surface area contributed by atoms with E-state index in [4.69, 9.17) is 15.0 Å². The molecule has 31 heavy (non-hydrogen) atoms. The van der Waals surface area contributed by atoms with Crippen LogP contribution in [0.15, 0.2) is 48.1 Å². The average molecular weight is 427 g/mol. The molecule has 2 heterocycles. The summed E-state index contributed by atoms with van der Waals surface area (Å²) in [6, 6.07) is 7.07.